The molecule has 2 N–H and O–H groups in total. The summed E-state index contributed by atoms with van der Waals surface area (Å²) in [5.74, 6) is -2.02. The normalized spacial score (nSPS) is 12.2. The van der Waals surface area contributed by atoms with E-state index in [0.29, 0.717) is 23.6 Å². The third kappa shape index (κ3) is 3.90. The van der Waals surface area contributed by atoms with Gasteiger partial charge in [0.1, 0.15) is 11.6 Å². The number of rotatable bonds is 5. The van der Waals surface area contributed by atoms with Gasteiger partial charge in [0.05, 0.1) is 46.9 Å². The van der Waals surface area contributed by atoms with Crippen molar-refractivity contribution >= 4 is 25.3 Å². The van der Waals surface area contributed by atoms with Gasteiger partial charge in [0.2, 0.25) is 5.91 Å². The van der Waals surface area contributed by atoms with Gasteiger partial charge >= 0.3 is 0 Å². The molecule has 2 aromatic heterocycles. The predicted octanol–water partition coefficient (Wildman–Crippen LogP) is 2.25. The molecule has 0 bridgehead atoms. The van der Waals surface area contributed by atoms with Crippen molar-refractivity contribution in [3.63, 3.8) is 0 Å². The number of aromatic nitrogens is 3. The van der Waals surface area contributed by atoms with Crippen molar-refractivity contribution in [3.05, 3.63) is 65.1 Å². The number of amides is 2. The predicted molar refractivity (Wildman–Crippen MR) is 111 cm³/mol. The summed E-state index contributed by atoms with van der Waals surface area (Å²) in [5.41, 5.74) is 1.30. The van der Waals surface area contributed by atoms with Crippen LogP contribution in [0.1, 0.15) is 28.7 Å². The fourth-order valence-corrected chi connectivity index (χ4v) is 3.28. The van der Waals surface area contributed by atoms with Crippen LogP contribution >= 0.6 is 13.5 Å². The summed E-state index contributed by atoms with van der Waals surface area (Å²) >= 11 is 0. The lowest BCUT2D eigenvalue weighted by Crippen LogP contribution is -2.24. The van der Waals surface area contributed by atoms with Gasteiger partial charge in [0.25, 0.3) is 5.91 Å². The third-order valence-electron chi connectivity index (χ3n) is 4.54. The minimum atomic E-state index is -0.752. The van der Waals surface area contributed by atoms with Crippen LogP contribution in [0.4, 0.5) is 8.78 Å². The quantitative estimate of drug-likeness (QED) is 0.649. The molecule has 1 aliphatic heterocycles. The number of halogens is 2. The van der Waals surface area contributed by atoms with E-state index >= 15 is 0 Å². The second kappa shape index (κ2) is 8.62. The van der Waals surface area contributed by atoms with Crippen LogP contribution < -0.4 is 10.6 Å². The molecule has 156 valence electrons. The maximum Gasteiger partial charge on any atom is 0.255 e. The SMILES string of the molecule is CCNC(=O)Cc1ccn(-c2cc(-c3c(F)cccc3F)nc3c2C(=O)NC3)n1.S. The highest BCUT2D eigenvalue weighted by molar-refractivity contribution is 7.59. The van der Waals surface area contributed by atoms with Gasteiger partial charge in [-0.25, -0.2) is 18.4 Å². The Labute approximate surface area is 178 Å². The fourth-order valence-electron chi connectivity index (χ4n) is 3.28. The topological polar surface area (TPSA) is 88.9 Å². The molecule has 0 saturated heterocycles. The van der Waals surface area contributed by atoms with E-state index in [4.69, 9.17) is 0 Å². The minimum absolute atomic E-state index is 0. The van der Waals surface area contributed by atoms with Gasteiger partial charge < -0.3 is 10.6 Å². The average Bonchev–Trinajstić information content (AvgIpc) is 3.28. The molecular weight excluding hydrogens is 412 g/mol. The Bertz CT molecular complexity index is 1110. The number of fused-ring (bicyclic) bond motifs is 1. The molecule has 2 amide bonds. The number of carbonyl (C=O) groups excluding carboxylic acids is 2. The largest absolute Gasteiger partial charge is 0.356 e. The molecule has 7 nitrogen and oxygen atoms in total. The summed E-state index contributed by atoms with van der Waals surface area (Å²) < 4.78 is 30.0. The van der Waals surface area contributed by atoms with Crippen LogP contribution in [0.2, 0.25) is 0 Å². The molecule has 1 aromatic carbocycles. The van der Waals surface area contributed by atoms with Crippen LogP contribution in [-0.4, -0.2) is 33.1 Å². The maximum absolute atomic E-state index is 14.3. The van der Waals surface area contributed by atoms with Gasteiger partial charge in [0, 0.05) is 12.7 Å². The number of hydrogen-bond acceptors (Lipinski definition) is 4. The first kappa shape index (κ1) is 21.4. The Kier molecular flexibility index (Phi) is 6.16. The standard InChI is InChI=1S/C20H17F2N5O2.H2S/c1-2-23-17(28)8-11-6-7-27(26-11)16-9-14(18-12(21)4-3-5-13(18)22)25-15-10-24-20(29)19(15)16;/h3-7,9H,2,8,10H2,1H3,(H,23,28)(H,24,29);1H2. The van der Waals surface area contributed by atoms with E-state index in [1.54, 1.807) is 12.3 Å². The Morgan fingerprint density at radius 2 is 1.97 bits per heavy atom. The van der Waals surface area contributed by atoms with E-state index in [2.05, 4.69) is 20.7 Å². The molecule has 4 rings (SSSR count). The molecule has 1 aliphatic rings. The van der Waals surface area contributed by atoms with Gasteiger partial charge in [-0.2, -0.15) is 18.6 Å². The number of hydrogen-bond donors (Lipinski definition) is 2. The first-order valence-electron chi connectivity index (χ1n) is 9.06. The Morgan fingerprint density at radius 3 is 2.67 bits per heavy atom. The lowest BCUT2D eigenvalue weighted by Gasteiger charge is -2.11. The lowest BCUT2D eigenvalue weighted by molar-refractivity contribution is -0.120. The second-order valence-electron chi connectivity index (χ2n) is 6.51. The lowest BCUT2D eigenvalue weighted by atomic mass is 10.1. The first-order chi connectivity index (χ1) is 14.0. The van der Waals surface area contributed by atoms with Crippen LogP contribution in [0, 0.1) is 11.6 Å². The molecule has 30 heavy (non-hydrogen) atoms. The van der Waals surface area contributed by atoms with Crippen molar-refractivity contribution in [2.45, 2.75) is 19.9 Å². The number of carbonyl (C=O) groups is 2. The minimum Gasteiger partial charge on any atom is -0.356 e. The Morgan fingerprint density at radius 1 is 1.23 bits per heavy atom. The number of benzene rings is 1. The van der Waals surface area contributed by atoms with Gasteiger partial charge in [-0.1, -0.05) is 6.07 Å². The smallest absolute Gasteiger partial charge is 0.255 e. The number of nitrogens with one attached hydrogen (secondary N) is 2. The molecule has 0 fully saturated rings. The number of pyridine rings is 1. The molecule has 0 aliphatic carbocycles. The number of nitrogens with zero attached hydrogens (tertiary/aromatic N) is 3. The summed E-state index contributed by atoms with van der Waals surface area (Å²) in [5, 5.41) is 9.71. The Balaban J connectivity index is 0.00000256. The van der Waals surface area contributed by atoms with Crippen molar-refractivity contribution in [1.82, 2.24) is 25.4 Å². The zero-order valence-electron chi connectivity index (χ0n) is 16.0. The highest BCUT2D eigenvalue weighted by Crippen LogP contribution is 2.30. The fraction of sp³-hybridized carbons (Fsp3) is 0.200. The van der Waals surface area contributed by atoms with Crippen LogP contribution in [0.5, 0.6) is 0 Å². The van der Waals surface area contributed by atoms with Crippen molar-refractivity contribution in [1.29, 1.82) is 0 Å². The average molecular weight is 431 g/mol. The zero-order chi connectivity index (χ0) is 20.5. The van der Waals surface area contributed by atoms with E-state index in [0.717, 1.165) is 12.1 Å². The highest BCUT2D eigenvalue weighted by atomic mass is 32.1. The van der Waals surface area contributed by atoms with E-state index < -0.39 is 11.6 Å². The van der Waals surface area contributed by atoms with E-state index in [9.17, 15) is 18.4 Å². The van der Waals surface area contributed by atoms with Crippen LogP contribution in [0.25, 0.3) is 16.9 Å². The molecule has 0 spiro atoms. The van der Waals surface area contributed by atoms with Crippen LogP contribution in [0.15, 0.2) is 36.5 Å². The molecular formula is C20H19F2N5O2S. The van der Waals surface area contributed by atoms with Gasteiger partial charge in [0.15, 0.2) is 0 Å². The molecule has 0 radical (unpaired) electrons. The summed E-state index contributed by atoms with van der Waals surface area (Å²) in [6, 6.07) is 6.64. The van der Waals surface area contributed by atoms with Crippen LogP contribution in [0.3, 0.4) is 0 Å². The molecule has 3 aromatic rings. The third-order valence-corrected chi connectivity index (χ3v) is 4.54. The van der Waals surface area contributed by atoms with Crippen molar-refractivity contribution in [2.24, 2.45) is 0 Å². The summed E-state index contributed by atoms with van der Waals surface area (Å²) in [6.07, 6.45) is 1.67. The summed E-state index contributed by atoms with van der Waals surface area (Å²) in [7, 11) is 0. The summed E-state index contributed by atoms with van der Waals surface area (Å²) in [4.78, 5) is 28.4. The summed E-state index contributed by atoms with van der Waals surface area (Å²) in [6.45, 7) is 2.48. The molecule has 10 heteroatoms. The van der Waals surface area contributed by atoms with Gasteiger partial charge in [-0.05, 0) is 31.2 Å². The maximum atomic E-state index is 14.3. The molecule has 0 unspecified atom stereocenters. The van der Waals surface area contributed by atoms with Gasteiger partial charge in [-0.15, -0.1) is 0 Å². The monoisotopic (exact) mass is 431 g/mol. The highest BCUT2D eigenvalue weighted by Gasteiger charge is 2.28. The van der Waals surface area contributed by atoms with Crippen molar-refractivity contribution < 1.29 is 18.4 Å². The van der Waals surface area contributed by atoms with Gasteiger partial charge in [-0.3, -0.25) is 9.59 Å². The Hall–Kier alpha value is -3.27. The molecule has 3 heterocycles. The molecule has 0 saturated carbocycles. The number of likely N-dealkylation sites (N-methyl/N-ethyl adjacent to an activating group) is 1. The van der Waals surface area contributed by atoms with E-state index in [1.165, 1.54) is 16.8 Å². The molecule has 0 atom stereocenters. The van der Waals surface area contributed by atoms with Crippen LogP contribution in [-0.2, 0) is 17.8 Å². The van der Waals surface area contributed by atoms with Crippen molar-refractivity contribution in [3.8, 4) is 16.9 Å². The van der Waals surface area contributed by atoms with Crippen molar-refractivity contribution in [2.75, 3.05) is 6.54 Å². The first-order valence-corrected chi connectivity index (χ1v) is 9.06. The second-order valence-corrected chi connectivity index (χ2v) is 6.51. The van der Waals surface area contributed by atoms with E-state index in [-0.39, 0.29) is 55.1 Å². The van der Waals surface area contributed by atoms with E-state index in [1.807, 2.05) is 6.92 Å². The zero-order valence-corrected chi connectivity index (χ0v) is 17.0.